The molecule has 1 aliphatic heterocycles. The molecule has 0 aromatic carbocycles. The van der Waals surface area contributed by atoms with E-state index in [1.165, 1.54) is 0 Å². The van der Waals surface area contributed by atoms with Gasteiger partial charge in [-0.2, -0.15) is 0 Å². The van der Waals surface area contributed by atoms with Crippen LogP contribution in [0.25, 0.3) is 9.88 Å². The molecule has 0 radical (unpaired) electrons. The van der Waals surface area contributed by atoms with Crippen LogP contribution in [0.5, 0.6) is 0 Å². The molecule has 25 heavy (non-hydrogen) atoms. The van der Waals surface area contributed by atoms with E-state index in [4.69, 9.17) is 0 Å². The summed E-state index contributed by atoms with van der Waals surface area (Å²) < 4.78 is 0. The number of aromatic nitrogens is 1. The van der Waals surface area contributed by atoms with Crippen molar-refractivity contribution in [3.8, 4) is 9.88 Å². The highest BCUT2D eigenvalue weighted by Gasteiger charge is 2.34. The number of hydrogen-bond acceptors (Lipinski definition) is 6. The standard InChI is InChI=1S/C17H21N3O2S3/c1-11(2)6-15(21)20-10-23-9-13(20)16(22)18-7-12-8-25-17(19-12)14-4-3-5-24-14/h3-5,8,11,13H,6-7,9-10H2,1-2H3,(H,18,22)/t13-/m1/s1. The molecule has 2 amide bonds. The topological polar surface area (TPSA) is 62.3 Å². The smallest absolute Gasteiger partial charge is 0.244 e. The first-order chi connectivity index (χ1) is 12.0. The van der Waals surface area contributed by atoms with Gasteiger partial charge in [-0.25, -0.2) is 4.98 Å². The molecule has 2 aromatic heterocycles. The lowest BCUT2D eigenvalue weighted by atomic mass is 10.1. The molecule has 0 unspecified atom stereocenters. The minimum atomic E-state index is -0.369. The van der Waals surface area contributed by atoms with Crippen molar-refractivity contribution in [2.45, 2.75) is 32.9 Å². The van der Waals surface area contributed by atoms with Crippen molar-refractivity contribution in [2.24, 2.45) is 5.92 Å². The minimum Gasteiger partial charge on any atom is -0.349 e. The third kappa shape index (κ3) is 4.62. The maximum absolute atomic E-state index is 12.5. The van der Waals surface area contributed by atoms with E-state index in [9.17, 15) is 9.59 Å². The molecule has 8 heteroatoms. The fraction of sp³-hybridized carbons (Fsp3) is 0.471. The molecule has 1 fully saturated rings. The Hall–Kier alpha value is -1.38. The van der Waals surface area contributed by atoms with Gasteiger partial charge >= 0.3 is 0 Å². The Morgan fingerprint density at radius 3 is 2.96 bits per heavy atom. The Bertz CT molecular complexity index is 727. The van der Waals surface area contributed by atoms with E-state index >= 15 is 0 Å². The molecule has 3 rings (SSSR count). The Morgan fingerprint density at radius 1 is 1.40 bits per heavy atom. The van der Waals surface area contributed by atoms with Crippen LogP contribution in [-0.4, -0.2) is 39.4 Å². The van der Waals surface area contributed by atoms with Crippen LogP contribution in [0.3, 0.4) is 0 Å². The van der Waals surface area contributed by atoms with Crippen LogP contribution in [0.2, 0.25) is 0 Å². The minimum absolute atomic E-state index is 0.0637. The van der Waals surface area contributed by atoms with Crippen molar-refractivity contribution in [1.82, 2.24) is 15.2 Å². The van der Waals surface area contributed by atoms with E-state index in [1.54, 1.807) is 39.3 Å². The summed E-state index contributed by atoms with van der Waals surface area (Å²) in [4.78, 5) is 32.2. The quantitative estimate of drug-likeness (QED) is 0.814. The Balaban J connectivity index is 1.56. The van der Waals surface area contributed by atoms with Crippen LogP contribution < -0.4 is 5.32 Å². The fourth-order valence-electron chi connectivity index (χ4n) is 2.57. The first-order valence-electron chi connectivity index (χ1n) is 8.18. The highest BCUT2D eigenvalue weighted by atomic mass is 32.2. The number of thiazole rings is 1. The number of carbonyl (C=O) groups excluding carboxylic acids is 2. The van der Waals surface area contributed by atoms with Gasteiger partial charge in [0.1, 0.15) is 11.0 Å². The lowest BCUT2D eigenvalue weighted by Crippen LogP contribution is -2.47. The van der Waals surface area contributed by atoms with E-state index in [1.807, 2.05) is 36.7 Å². The maximum atomic E-state index is 12.5. The van der Waals surface area contributed by atoms with E-state index in [-0.39, 0.29) is 17.9 Å². The average Bonchev–Trinajstić information content (AvgIpc) is 3.32. The van der Waals surface area contributed by atoms with Crippen molar-refractivity contribution in [1.29, 1.82) is 0 Å². The van der Waals surface area contributed by atoms with Crippen LogP contribution in [0, 0.1) is 5.92 Å². The number of carbonyl (C=O) groups is 2. The van der Waals surface area contributed by atoms with Crippen molar-refractivity contribution >= 4 is 46.2 Å². The van der Waals surface area contributed by atoms with Crippen LogP contribution in [0.1, 0.15) is 26.0 Å². The van der Waals surface area contributed by atoms with Gasteiger partial charge in [0.15, 0.2) is 0 Å². The molecule has 0 saturated carbocycles. The maximum Gasteiger partial charge on any atom is 0.244 e. The number of thioether (sulfide) groups is 1. The first kappa shape index (κ1) is 18.4. The molecule has 5 nitrogen and oxygen atoms in total. The number of thiophene rings is 1. The second-order valence-corrected chi connectivity index (χ2v) is 9.12. The summed E-state index contributed by atoms with van der Waals surface area (Å²) in [5.41, 5.74) is 0.854. The van der Waals surface area contributed by atoms with Gasteiger partial charge in [-0.3, -0.25) is 9.59 Å². The van der Waals surface area contributed by atoms with Gasteiger partial charge in [0, 0.05) is 17.6 Å². The van der Waals surface area contributed by atoms with Gasteiger partial charge in [-0.1, -0.05) is 19.9 Å². The Kier molecular flexibility index (Phi) is 6.14. The number of rotatable bonds is 6. The van der Waals surface area contributed by atoms with Gasteiger partial charge in [-0.15, -0.1) is 34.4 Å². The lowest BCUT2D eigenvalue weighted by molar-refractivity contribution is -0.138. The van der Waals surface area contributed by atoms with Gasteiger partial charge in [-0.05, 0) is 17.4 Å². The molecule has 3 heterocycles. The number of hydrogen-bond donors (Lipinski definition) is 1. The molecule has 1 atom stereocenters. The summed E-state index contributed by atoms with van der Waals surface area (Å²) in [5.74, 6) is 1.53. The molecule has 1 saturated heterocycles. The van der Waals surface area contributed by atoms with Gasteiger partial charge < -0.3 is 10.2 Å². The predicted molar refractivity (Wildman–Crippen MR) is 105 cm³/mol. The predicted octanol–water partition coefficient (Wildman–Crippen LogP) is 3.44. The highest BCUT2D eigenvalue weighted by Crippen LogP contribution is 2.28. The SMILES string of the molecule is CC(C)CC(=O)N1CSC[C@@H]1C(=O)NCc1csc(-c2cccs2)n1. The van der Waals surface area contributed by atoms with E-state index in [0.29, 0.717) is 30.5 Å². The van der Waals surface area contributed by atoms with Crippen LogP contribution in [0.15, 0.2) is 22.9 Å². The zero-order valence-corrected chi connectivity index (χ0v) is 16.7. The molecule has 0 spiro atoms. The third-order valence-corrected chi connectivity index (χ3v) is 6.76. The van der Waals surface area contributed by atoms with Gasteiger partial charge in [0.05, 0.1) is 23.0 Å². The molecule has 134 valence electrons. The summed E-state index contributed by atoms with van der Waals surface area (Å²) in [6.07, 6.45) is 0.487. The van der Waals surface area contributed by atoms with E-state index < -0.39 is 0 Å². The second kappa shape index (κ2) is 8.33. The first-order valence-corrected chi connectivity index (χ1v) is 11.1. The van der Waals surface area contributed by atoms with Crippen LogP contribution in [-0.2, 0) is 16.1 Å². The van der Waals surface area contributed by atoms with Crippen molar-refractivity contribution < 1.29 is 9.59 Å². The van der Waals surface area contributed by atoms with E-state index in [2.05, 4.69) is 10.3 Å². The zero-order valence-electron chi connectivity index (χ0n) is 14.2. The summed E-state index contributed by atoms with van der Waals surface area (Å²) in [7, 11) is 0. The van der Waals surface area contributed by atoms with Crippen molar-refractivity contribution in [3.05, 3.63) is 28.6 Å². The van der Waals surface area contributed by atoms with Crippen molar-refractivity contribution in [2.75, 3.05) is 11.6 Å². The monoisotopic (exact) mass is 395 g/mol. The number of nitrogens with zero attached hydrogens (tertiary/aromatic N) is 2. The Morgan fingerprint density at radius 2 is 2.24 bits per heavy atom. The van der Waals surface area contributed by atoms with Crippen molar-refractivity contribution in [3.63, 3.8) is 0 Å². The van der Waals surface area contributed by atoms with Gasteiger partial charge in [0.2, 0.25) is 11.8 Å². The molecular weight excluding hydrogens is 374 g/mol. The zero-order chi connectivity index (χ0) is 17.8. The molecule has 1 N–H and O–H groups in total. The molecule has 0 aliphatic carbocycles. The summed E-state index contributed by atoms with van der Waals surface area (Å²) in [5, 5.41) is 7.91. The fourth-order valence-corrected chi connectivity index (χ4v) is 5.38. The largest absolute Gasteiger partial charge is 0.349 e. The van der Waals surface area contributed by atoms with Crippen LogP contribution in [0.4, 0.5) is 0 Å². The molecule has 0 bridgehead atoms. The summed E-state index contributed by atoms with van der Waals surface area (Å²) in [6, 6.07) is 3.68. The lowest BCUT2D eigenvalue weighted by Gasteiger charge is -2.23. The van der Waals surface area contributed by atoms with Gasteiger partial charge in [0.25, 0.3) is 0 Å². The highest BCUT2D eigenvalue weighted by molar-refractivity contribution is 7.99. The number of nitrogens with one attached hydrogen (secondary N) is 1. The Labute approximate surface area is 159 Å². The van der Waals surface area contributed by atoms with E-state index in [0.717, 1.165) is 15.6 Å². The normalized spacial score (nSPS) is 17.2. The molecule has 1 aliphatic rings. The average molecular weight is 396 g/mol. The summed E-state index contributed by atoms with van der Waals surface area (Å²) >= 11 is 4.87. The molecule has 2 aromatic rings. The second-order valence-electron chi connectivity index (χ2n) is 6.32. The summed E-state index contributed by atoms with van der Waals surface area (Å²) in [6.45, 7) is 4.43. The third-order valence-electron chi connectivity index (χ3n) is 3.82. The van der Waals surface area contributed by atoms with Crippen LogP contribution >= 0.6 is 34.4 Å². The molecular formula is C17H21N3O2S3. The number of amides is 2.